The predicted molar refractivity (Wildman–Crippen MR) is 56.0 cm³/mol. The molecular weight excluding hydrogens is 178 g/mol. The van der Waals surface area contributed by atoms with Crippen molar-refractivity contribution >= 4 is 5.78 Å². The molecule has 1 heterocycles. The summed E-state index contributed by atoms with van der Waals surface area (Å²) in [6.07, 6.45) is 4.48. The zero-order valence-electron chi connectivity index (χ0n) is 9.01. The van der Waals surface area contributed by atoms with Gasteiger partial charge in [-0.3, -0.25) is 4.79 Å². The third-order valence-electron chi connectivity index (χ3n) is 2.52. The summed E-state index contributed by atoms with van der Waals surface area (Å²) in [7, 11) is 0. The highest BCUT2D eigenvalue weighted by molar-refractivity contribution is 5.96. The summed E-state index contributed by atoms with van der Waals surface area (Å²) in [6.45, 7) is 5.37. The Morgan fingerprint density at radius 3 is 3.07 bits per heavy atom. The maximum atomic E-state index is 11.6. The molecule has 1 aliphatic heterocycles. The van der Waals surface area contributed by atoms with Gasteiger partial charge in [0, 0.05) is 11.6 Å². The van der Waals surface area contributed by atoms with Crippen LogP contribution in [0.1, 0.15) is 33.1 Å². The molecule has 80 valence electrons. The molecule has 0 aromatic rings. The van der Waals surface area contributed by atoms with Crippen LogP contribution in [0.2, 0.25) is 0 Å². The second kappa shape index (κ2) is 5.81. The number of carbonyl (C=O) groups excluding carboxylic acids is 1. The molecular formula is C11H19NO2. The molecule has 1 atom stereocenters. The van der Waals surface area contributed by atoms with Crippen LogP contribution in [0, 0.1) is 0 Å². The summed E-state index contributed by atoms with van der Waals surface area (Å²) in [5.74, 6) is 0.171. The maximum Gasteiger partial charge on any atom is 0.175 e. The number of ether oxygens (including phenoxy) is 1. The topological polar surface area (TPSA) is 38.3 Å². The fourth-order valence-electron chi connectivity index (χ4n) is 1.29. The average Bonchev–Trinajstić information content (AvgIpc) is 2.26. The molecule has 3 heteroatoms. The molecule has 1 rings (SSSR count). The molecule has 1 aliphatic rings. The van der Waals surface area contributed by atoms with Gasteiger partial charge < -0.3 is 10.1 Å². The van der Waals surface area contributed by atoms with Crippen molar-refractivity contribution in [1.82, 2.24) is 5.32 Å². The van der Waals surface area contributed by atoms with E-state index in [-0.39, 0.29) is 5.78 Å². The lowest BCUT2D eigenvalue weighted by atomic mass is 10.1. The van der Waals surface area contributed by atoms with Gasteiger partial charge in [0.1, 0.15) is 0 Å². The van der Waals surface area contributed by atoms with Crippen molar-refractivity contribution in [1.29, 1.82) is 0 Å². The van der Waals surface area contributed by atoms with Gasteiger partial charge in [-0.2, -0.15) is 0 Å². The minimum absolute atomic E-state index is 0.171. The summed E-state index contributed by atoms with van der Waals surface area (Å²) < 4.78 is 5.13. The minimum atomic E-state index is 0.171. The van der Waals surface area contributed by atoms with Crippen LogP contribution in [0.25, 0.3) is 0 Å². The van der Waals surface area contributed by atoms with Crippen LogP contribution in [-0.2, 0) is 9.53 Å². The Morgan fingerprint density at radius 2 is 2.50 bits per heavy atom. The molecule has 14 heavy (non-hydrogen) atoms. The second-order valence-corrected chi connectivity index (χ2v) is 3.73. The minimum Gasteiger partial charge on any atom is -0.501 e. The van der Waals surface area contributed by atoms with E-state index in [4.69, 9.17) is 4.74 Å². The average molecular weight is 197 g/mol. The number of rotatable bonds is 5. The Labute approximate surface area is 85.5 Å². The Bertz CT molecular complexity index is 223. The first kappa shape index (κ1) is 11.2. The zero-order chi connectivity index (χ0) is 10.4. The number of hydrogen-bond acceptors (Lipinski definition) is 3. The summed E-state index contributed by atoms with van der Waals surface area (Å²) in [6, 6.07) is 0.407. The van der Waals surface area contributed by atoms with Crippen molar-refractivity contribution in [2.45, 2.75) is 39.2 Å². The molecule has 0 aliphatic carbocycles. The fraction of sp³-hybridized carbons (Fsp3) is 0.727. The van der Waals surface area contributed by atoms with E-state index in [9.17, 15) is 4.79 Å². The molecule has 0 saturated heterocycles. The van der Waals surface area contributed by atoms with Crippen LogP contribution in [0.3, 0.4) is 0 Å². The lowest BCUT2D eigenvalue weighted by molar-refractivity contribution is -0.115. The summed E-state index contributed by atoms with van der Waals surface area (Å²) in [5, 5.41) is 3.18. The van der Waals surface area contributed by atoms with Gasteiger partial charge in [-0.05, 0) is 26.2 Å². The highest BCUT2D eigenvalue weighted by atomic mass is 16.5. The van der Waals surface area contributed by atoms with Crippen LogP contribution < -0.4 is 5.32 Å². The van der Waals surface area contributed by atoms with Gasteiger partial charge in [0.05, 0.1) is 19.4 Å². The third kappa shape index (κ3) is 3.50. The molecule has 0 spiro atoms. The van der Waals surface area contributed by atoms with Crippen molar-refractivity contribution in [3.8, 4) is 0 Å². The Hall–Kier alpha value is -0.830. The van der Waals surface area contributed by atoms with Crippen LogP contribution in [0.4, 0.5) is 0 Å². The smallest absolute Gasteiger partial charge is 0.175 e. The third-order valence-corrected chi connectivity index (χ3v) is 2.52. The lowest BCUT2D eigenvalue weighted by Crippen LogP contribution is -2.32. The van der Waals surface area contributed by atoms with Crippen LogP contribution in [-0.4, -0.2) is 25.0 Å². The van der Waals surface area contributed by atoms with E-state index in [1.165, 1.54) is 0 Å². The molecule has 0 amide bonds. The van der Waals surface area contributed by atoms with Gasteiger partial charge in [-0.25, -0.2) is 0 Å². The van der Waals surface area contributed by atoms with Gasteiger partial charge in [0.25, 0.3) is 0 Å². The predicted octanol–water partition coefficient (Wildman–Crippen LogP) is 1.64. The summed E-state index contributed by atoms with van der Waals surface area (Å²) in [4.78, 5) is 11.6. The van der Waals surface area contributed by atoms with Crippen molar-refractivity contribution < 1.29 is 9.53 Å². The summed E-state index contributed by atoms with van der Waals surface area (Å²) in [5.41, 5.74) is 0.826. The highest BCUT2D eigenvalue weighted by Crippen LogP contribution is 2.12. The van der Waals surface area contributed by atoms with E-state index < -0.39 is 0 Å². The molecule has 0 aromatic heterocycles. The molecule has 0 fully saturated rings. The van der Waals surface area contributed by atoms with E-state index in [2.05, 4.69) is 19.2 Å². The van der Waals surface area contributed by atoms with E-state index in [0.717, 1.165) is 31.4 Å². The van der Waals surface area contributed by atoms with Gasteiger partial charge in [0.15, 0.2) is 5.78 Å². The molecule has 3 nitrogen and oxygen atoms in total. The van der Waals surface area contributed by atoms with Gasteiger partial charge in [-0.15, -0.1) is 0 Å². The molecule has 0 saturated carbocycles. The number of ketones is 1. The first-order valence-corrected chi connectivity index (χ1v) is 5.31. The van der Waals surface area contributed by atoms with Crippen LogP contribution in [0.15, 0.2) is 11.8 Å². The zero-order valence-corrected chi connectivity index (χ0v) is 9.01. The quantitative estimate of drug-likeness (QED) is 0.728. The Balaban J connectivity index is 2.30. The molecule has 1 N–H and O–H groups in total. The second-order valence-electron chi connectivity index (χ2n) is 3.73. The molecule has 0 aromatic carbocycles. The van der Waals surface area contributed by atoms with Crippen molar-refractivity contribution in [3.63, 3.8) is 0 Å². The number of Topliss-reactive ketones (excluding diaryl/α,β-unsaturated/α-hetero) is 1. The molecule has 0 radical (unpaired) electrons. The standard InChI is InChI=1S/C11H19NO2/c1-3-9(2)12-7-11(13)10-5-4-6-14-8-10/h8-9,12H,3-7H2,1-2H3. The van der Waals surface area contributed by atoms with E-state index >= 15 is 0 Å². The van der Waals surface area contributed by atoms with E-state index in [1.54, 1.807) is 6.26 Å². The Morgan fingerprint density at radius 1 is 1.71 bits per heavy atom. The van der Waals surface area contributed by atoms with Crippen molar-refractivity contribution in [2.24, 2.45) is 0 Å². The van der Waals surface area contributed by atoms with Crippen LogP contribution in [0.5, 0.6) is 0 Å². The van der Waals surface area contributed by atoms with Gasteiger partial charge in [-0.1, -0.05) is 6.92 Å². The largest absolute Gasteiger partial charge is 0.501 e. The lowest BCUT2D eigenvalue weighted by Gasteiger charge is -2.14. The fourth-order valence-corrected chi connectivity index (χ4v) is 1.29. The summed E-state index contributed by atoms with van der Waals surface area (Å²) >= 11 is 0. The van der Waals surface area contributed by atoms with E-state index in [1.807, 2.05) is 0 Å². The van der Waals surface area contributed by atoms with E-state index in [0.29, 0.717) is 12.6 Å². The maximum absolute atomic E-state index is 11.6. The first-order chi connectivity index (χ1) is 6.74. The van der Waals surface area contributed by atoms with Crippen LogP contribution >= 0.6 is 0 Å². The normalized spacial score (nSPS) is 18.3. The molecule has 0 bridgehead atoms. The Kier molecular flexibility index (Phi) is 4.66. The van der Waals surface area contributed by atoms with Gasteiger partial charge >= 0.3 is 0 Å². The van der Waals surface area contributed by atoms with Gasteiger partial charge in [0.2, 0.25) is 0 Å². The first-order valence-electron chi connectivity index (χ1n) is 5.31. The SMILES string of the molecule is CCC(C)NCC(=O)C1=COCCC1. The van der Waals surface area contributed by atoms with Crippen molar-refractivity contribution in [3.05, 3.63) is 11.8 Å². The molecule has 1 unspecified atom stereocenters. The van der Waals surface area contributed by atoms with Crippen molar-refractivity contribution in [2.75, 3.05) is 13.2 Å². The highest BCUT2D eigenvalue weighted by Gasteiger charge is 2.13. The monoisotopic (exact) mass is 197 g/mol. The number of hydrogen-bond donors (Lipinski definition) is 1. The number of carbonyl (C=O) groups is 1. The number of nitrogens with one attached hydrogen (secondary N) is 1.